The molecule has 1 aliphatic heterocycles. The van der Waals surface area contributed by atoms with Gasteiger partial charge < -0.3 is 4.42 Å². The van der Waals surface area contributed by atoms with E-state index >= 15 is 0 Å². The molecule has 0 unspecified atom stereocenters. The lowest BCUT2D eigenvalue weighted by atomic mass is 9.90. The molecular formula is C14H19NO3. The minimum atomic E-state index is -0.0399. The first-order valence-electron chi connectivity index (χ1n) is 6.46. The lowest BCUT2D eigenvalue weighted by molar-refractivity contribution is -0.138. The topological polar surface area (TPSA) is 50.5 Å². The highest BCUT2D eigenvalue weighted by molar-refractivity contribution is 6.01. The Hall–Kier alpha value is -1.58. The molecule has 98 valence electrons. The molecule has 1 aromatic heterocycles. The van der Waals surface area contributed by atoms with Crippen molar-refractivity contribution in [3.05, 3.63) is 24.2 Å². The Balaban J connectivity index is 1.98. The van der Waals surface area contributed by atoms with E-state index in [2.05, 4.69) is 13.8 Å². The molecule has 2 amide bonds. The molecule has 0 bridgehead atoms. The summed E-state index contributed by atoms with van der Waals surface area (Å²) in [7, 11) is 0. The molecule has 0 spiro atoms. The highest BCUT2D eigenvalue weighted by Gasteiger charge is 2.30. The zero-order valence-corrected chi connectivity index (χ0v) is 10.9. The van der Waals surface area contributed by atoms with E-state index in [0.717, 1.165) is 12.2 Å². The molecule has 0 saturated carbocycles. The number of nitrogens with zero attached hydrogens (tertiary/aromatic N) is 1. The predicted molar refractivity (Wildman–Crippen MR) is 66.9 cm³/mol. The molecule has 1 saturated heterocycles. The first-order valence-corrected chi connectivity index (χ1v) is 6.46. The predicted octanol–water partition coefficient (Wildman–Crippen LogP) is 2.56. The van der Waals surface area contributed by atoms with Gasteiger partial charge in [0.25, 0.3) is 0 Å². The Bertz CT molecular complexity index is 406. The van der Waals surface area contributed by atoms with Gasteiger partial charge in [-0.25, -0.2) is 0 Å². The van der Waals surface area contributed by atoms with E-state index < -0.39 is 0 Å². The molecule has 1 fully saturated rings. The van der Waals surface area contributed by atoms with E-state index in [9.17, 15) is 9.59 Å². The molecule has 0 N–H and O–H groups in total. The summed E-state index contributed by atoms with van der Waals surface area (Å²) < 4.78 is 5.44. The maximum atomic E-state index is 11.5. The monoisotopic (exact) mass is 249 g/mol. The van der Waals surface area contributed by atoms with Crippen LogP contribution in [-0.2, 0) is 9.59 Å². The largest absolute Gasteiger partial charge is 0.469 e. The van der Waals surface area contributed by atoms with Crippen LogP contribution in [0.2, 0.25) is 0 Å². The summed E-state index contributed by atoms with van der Waals surface area (Å²) in [6.45, 7) is 4.75. The quantitative estimate of drug-likeness (QED) is 0.753. The van der Waals surface area contributed by atoms with Gasteiger partial charge in [0.15, 0.2) is 0 Å². The van der Waals surface area contributed by atoms with E-state index in [-0.39, 0.29) is 17.7 Å². The fraction of sp³-hybridized carbons (Fsp3) is 0.571. The first kappa shape index (κ1) is 12.9. The molecule has 0 radical (unpaired) electrons. The number of hydrogen-bond acceptors (Lipinski definition) is 3. The first-order chi connectivity index (χ1) is 8.59. The van der Waals surface area contributed by atoms with Crippen LogP contribution in [0.25, 0.3) is 0 Å². The fourth-order valence-corrected chi connectivity index (χ4v) is 2.45. The van der Waals surface area contributed by atoms with Gasteiger partial charge in [-0.2, -0.15) is 0 Å². The van der Waals surface area contributed by atoms with Gasteiger partial charge >= 0.3 is 0 Å². The lowest BCUT2D eigenvalue weighted by Crippen LogP contribution is -2.31. The van der Waals surface area contributed by atoms with Crippen LogP contribution in [0.15, 0.2) is 22.8 Å². The van der Waals surface area contributed by atoms with Crippen molar-refractivity contribution in [3.63, 3.8) is 0 Å². The molecule has 4 nitrogen and oxygen atoms in total. The minimum Gasteiger partial charge on any atom is -0.469 e. The maximum Gasteiger partial charge on any atom is 0.229 e. The van der Waals surface area contributed by atoms with E-state index in [0.29, 0.717) is 25.3 Å². The van der Waals surface area contributed by atoms with Crippen LogP contribution < -0.4 is 0 Å². The standard InChI is InChI=1S/C14H19NO3/c1-10(2)11(12-4-3-9-18-12)7-8-15-13(16)5-6-14(15)17/h3-4,9-11H,5-8H2,1-2H3/t11-/m1/s1. The van der Waals surface area contributed by atoms with Gasteiger partial charge in [-0.1, -0.05) is 13.8 Å². The van der Waals surface area contributed by atoms with Crippen LogP contribution in [0, 0.1) is 5.92 Å². The molecule has 18 heavy (non-hydrogen) atoms. The fourth-order valence-electron chi connectivity index (χ4n) is 2.45. The molecule has 1 aromatic rings. The summed E-state index contributed by atoms with van der Waals surface area (Å²) >= 11 is 0. The van der Waals surface area contributed by atoms with Crippen molar-refractivity contribution < 1.29 is 14.0 Å². The average molecular weight is 249 g/mol. The second-order valence-electron chi connectivity index (χ2n) is 5.09. The van der Waals surface area contributed by atoms with Crippen molar-refractivity contribution in [1.82, 2.24) is 4.90 Å². The van der Waals surface area contributed by atoms with Gasteiger partial charge in [0.05, 0.1) is 6.26 Å². The van der Waals surface area contributed by atoms with E-state index in [1.54, 1.807) is 6.26 Å². The van der Waals surface area contributed by atoms with Crippen molar-refractivity contribution in [1.29, 1.82) is 0 Å². The Morgan fingerprint density at radius 2 is 1.94 bits per heavy atom. The number of amides is 2. The minimum absolute atomic E-state index is 0.0399. The Labute approximate surface area is 107 Å². The van der Waals surface area contributed by atoms with E-state index in [4.69, 9.17) is 4.42 Å². The molecule has 2 heterocycles. The van der Waals surface area contributed by atoms with Crippen LogP contribution in [-0.4, -0.2) is 23.3 Å². The zero-order valence-electron chi connectivity index (χ0n) is 10.9. The number of likely N-dealkylation sites (tertiary alicyclic amines) is 1. The van der Waals surface area contributed by atoms with Gasteiger partial charge in [0.1, 0.15) is 5.76 Å². The third kappa shape index (κ3) is 2.63. The third-order valence-electron chi connectivity index (χ3n) is 3.53. The summed E-state index contributed by atoms with van der Waals surface area (Å²) in [4.78, 5) is 24.5. The maximum absolute atomic E-state index is 11.5. The second-order valence-corrected chi connectivity index (χ2v) is 5.09. The van der Waals surface area contributed by atoms with Crippen LogP contribution in [0.3, 0.4) is 0 Å². The average Bonchev–Trinajstić information content (AvgIpc) is 2.93. The van der Waals surface area contributed by atoms with Gasteiger partial charge in [-0.05, 0) is 24.5 Å². The van der Waals surface area contributed by atoms with Crippen molar-refractivity contribution in [2.45, 2.75) is 39.0 Å². The number of imide groups is 1. The highest BCUT2D eigenvalue weighted by atomic mass is 16.3. The SMILES string of the molecule is CC(C)[C@@H](CCN1C(=O)CCC1=O)c1ccco1. The Morgan fingerprint density at radius 3 is 2.44 bits per heavy atom. The number of hydrogen-bond donors (Lipinski definition) is 0. The van der Waals surface area contributed by atoms with Crippen LogP contribution >= 0.6 is 0 Å². The highest BCUT2D eigenvalue weighted by Crippen LogP contribution is 2.29. The molecule has 0 aliphatic carbocycles. The molecule has 4 heteroatoms. The number of carbonyl (C=O) groups excluding carboxylic acids is 2. The third-order valence-corrected chi connectivity index (χ3v) is 3.53. The Morgan fingerprint density at radius 1 is 1.28 bits per heavy atom. The number of furan rings is 1. The van der Waals surface area contributed by atoms with Gasteiger partial charge in [0.2, 0.25) is 11.8 Å². The van der Waals surface area contributed by atoms with Gasteiger partial charge in [0, 0.05) is 25.3 Å². The summed E-state index contributed by atoms with van der Waals surface area (Å²) in [5.41, 5.74) is 0. The number of carbonyl (C=O) groups is 2. The summed E-state index contributed by atoms with van der Waals surface area (Å²) in [6.07, 6.45) is 3.16. The molecule has 2 rings (SSSR count). The molecule has 0 aromatic carbocycles. The van der Waals surface area contributed by atoms with E-state index in [1.165, 1.54) is 4.90 Å². The van der Waals surface area contributed by atoms with Gasteiger partial charge in [-0.15, -0.1) is 0 Å². The molecule has 1 aliphatic rings. The van der Waals surface area contributed by atoms with Crippen molar-refractivity contribution in [3.8, 4) is 0 Å². The van der Waals surface area contributed by atoms with Crippen LogP contribution in [0.1, 0.15) is 44.8 Å². The summed E-state index contributed by atoms with van der Waals surface area (Å²) in [5.74, 6) is 1.53. The summed E-state index contributed by atoms with van der Waals surface area (Å²) in [6, 6.07) is 3.83. The number of rotatable bonds is 5. The van der Waals surface area contributed by atoms with Crippen molar-refractivity contribution in [2.24, 2.45) is 5.92 Å². The van der Waals surface area contributed by atoms with Crippen LogP contribution in [0.4, 0.5) is 0 Å². The summed E-state index contributed by atoms with van der Waals surface area (Å²) in [5, 5.41) is 0. The van der Waals surface area contributed by atoms with Crippen molar-refractivity contribution in [2.75, 3.05) is 6.54 Å². The zero-order chi connectivity index (χ0) is 13.1. The van der Waals surface area contributed by atoms with E-state index in [1.807, 2.05) is 12.1 Å². The van der Waals surface area contributed by atoms with Crippen molar-refractivity contribution >= 4 is 11.8 Å². The normalized spacial score (nSPS) is 17.8. The smallest absolute Gasteiger partial charge is 0.229 e. The van der Waals surface area contributed by atoms with Gasteiger partial charge in [-0.3, -0.25) is 14.5 Å². The molecule has 1 atom stereocenters. The molecular weight excluding hydrogens is 230 g/mol. The lowest BCUT2D eigenvalue weighted by Gasteiger charge is -2.21. The Kier molecular flexibility index (Phi) is 3.84. The second kappa shape index (κ2) is 5.38. The van der Waals surface area contributed by atoms with Crippen LogP contribution in [0.5, 0.6) is 0 Å².